The maximum absolute atomic E-state index is 13.4. The lowest BCUT2D eigenvalue weighted by molar-refractivity contribution is 0.102. The Kier molecular flexibility index (Phi) is 5.35. The molecule has 164 valence electrons. The molecule has 0 atom stereocenters. The minimum absolute atomic E-state index is 0.291. The number of anilines is 1. The van der Waals surface area contributed by atoms with Crippen molar-refractivity contribution in [3.8, 4) is 16.9 Å². The lowest BCUT2D eigenvalue weighted by Crippen LogP contribution is -2.13. The molecule has 0 aliphatic carbocycles. The average Bonchev–Trinajstić information content (AvgIpc) is 3.46. The van der Waals surface area contributed by atoms with Crippen LogP contribution in [0.3, 0.4) is 0 Å². The summed E-state index contributed by atoms with van der Waals surface area (Å²) in [4.78, 5) is 18.0. The van der Waals surface area contributed by atoms with Crippen LogP contribution in [-0.4, -0.2) is 42.5 Å². The lowest BCUT2D eigenvalue weighted by atomic mass is 10.0. The SMILES string of the molecule is CSc1nnnn1-c1cccc(NC(=O)c2cc(-c3ccc(C)cc3)nc3onc(C)c23)c1. The highest BCUT2D eigenvalue weighted by Crippen LogP contribution is 2.28. The molecule has 0 spiro atoms. The van der Waals surface area contributed by atoms with Gasteiger partial charge < -0.3 is 9.84 Å². The first kappa shape index (κ1) is 20.8. The summed E-state index contributed by atoms with van der Waals surface area (Å²) >= 11 is 1.43. The maximum Gasteiger partial charge on any atom is 0.259 e. The molecule has 1 amide bonds. The molecule has 0 saturated heterocycles. The number of carbonyl (C=O) groups excluding carboxylic acids is 1. The van der Waals surface area contributed by atoms with Crippen LogP contribution >= 0.6 is 11.8 Å². The van der Waals surface area contributed by atoms with Crippen LogP contribution in [0.15, 0.2) is 64.3 Å². The van der Waals surface area contributed by atoms with E-state index in [1.165, 1.54) is 11.8 Å². The molecule has 5 aromatic rings. The molecule has 1 N–H and O–H groups in total. The largest absolute Gasteiger partial charge is 0.335 e. The summed E-state index contributed by atoms with van der Waals surface area (Å²) in [6.45, 7) is 3.81. The first-order valence-electron chi connectivity index (χ1n) is 10.1. The standard InChI is InChI=1S/C23H19N7O2S/c1-13-7-9-15(10-8-13)19-12-18(20-14(2)27-32-22(20)25-19)21(31)24-16-5-4-6-17(11-16)30-23(33-3)26-28-29-30/h4-12H,1-3H3,(H,24,31). The van der Waals surface area contributed by atoms with E-state index in [1.807, 2.05) is 61.7 Å². The first-order chi connectivity index (χ1) is 16.0. The summed E-state index contributed by atoms with van der Waals surface area (Å²) < 4.78 is 7.02. The fourth-order valence-corrected chi connectivity index (χ4v) is 3.96. The minimum Gasteiger partial charge on any atom is -0.335 e. The number of thioether (sulfide) groups is 1. The maximum atomic E-state index is 13.4. The highest BCUT2D eigenvalue weighted by atomic mass is 32.2. The van der Waals surface area contributed by atoms with Gasteiger partial charge in [-0.2, -0.15) is 4.68 Å². The first-order valence-corrected chi connectivity index (χ1v) is 11.3. The smallest absolute Gasteiger partial charge is 0.259 e. The summed E-state index contributed by atoms with van der Waals surface area (Å²) in [5, 5.41) is 20.0. The number of pyridine rings is 1. The monoisotopic (exact) mass is 457 g/mol. The van der Waals surface area contributed by atoms with Crippen molar-refractivity contribution in [2.45, 2.75) is 19.0 Å². The Morgan fingerprint density at radius 2 is 1.91 bits per heavy atom. The zero-order chi connectivity index (χ0) is 22.9. The van der Waals surface area contributed by atoms with Gasteiger partial charge in [0, 0.05) is 11.3 Å². The van der Waals surface area contributed by atoms with E-state index in [4.69, 9.17) is 4.52 Å². The molecule has 0 radical (unpaired) electrons. The van der Waals surface area contributed by atoms with E-state index in [0.29, 0.717) is 38.9 Å². The molecule has 10 heteroatoms. The molecule has 5 rings (SSSR count). The van der Waals surface area contributed by atoms with Crippen molar-refractivity contribution in [2.24, 2.45) is 0 Å². The number of aryl methyl sites for hydroxylation is 2. The van der Waals surface area contributed by atoms with E-state index in [1.54, 1.807) is 17.7 Å². The topological polar surface area (TPSA) is 112 Å². The molecular formula is C23H19N7O2S. The number of rotatable bonds is 5. The number of amides is 1. The van der Waals surface area contributed by atoms with Gasteiger partial charge in [0.25, 0.3) is 11.6 Å². The summed E-state index contributed by atoms with van der Waals surface area (Å²) in [5.41, 5.74) is 5.37. The summed E-state index contributed by atoms with van der Waals surface area (Å²) in [5.74, 6) is -0.291. The third-order valence-electron chi connectivity index (χ3n) is 5.18. The van der Waals surface area contributed by atoms with Crippen LogP contribution in [0.4, 0.5) is 5.69 Å². The van der Waals surface area contributed by atoms with E-state index in [0.717, 1.165) is 16.8 Å². The molecule has 0 unspecified atom stereocenters. The van der Waals surface area contributed by atoms with Gasteiger partial charge in [-0.05, 0) is 54.8 Å². The summed E-state index contributed by atoms with van der Waals surface area (Å²) in [6.07, 6.45) is 1.90. The van der Waals surface area contributed by atoms with Crippen LogP contribution in [-0.2, 0) is 0 Å². The number of hydrogen-bond acceptors (Lipinski definition) is 8. The number of nitrogens with one attached hydrogen (secondary N) is 1. The molecule has 0 saturated carbocycles. The fourth-order valence-electron chi connectivity index (χ4n) is 3.53. The predicted octanol–water partition coefficient (Wildman–Crippen LogP) is 4.46. The van der Waals surface area contributed by atoms with Crippen LogP contribution < -0.4 is 5.32 Å². The van der Waals surface area contributed by atoms with Crippen molar-refractivity contribution in [2.75, 3.05) is 11.6 Å². The van der Waals surface area contributed by atoms with Gasteiger partial charge in [0.15, 0.2) is 0 Å². The highest BCUT2D eigenvalue weighted by molar-refractivity contribution is 7.98. The normalized spacial score (nSPS) is 11.1. The molecule has 0 fully saturated rings. The Morgan fingerprint density at radius 3 is 2.70 bits per heavy atom. The van der Waals surface area contributed by atoms with E-state index in [9.17, 15) is 4.79 Å². The molecule has 9 nitrogen and oxygen atoms in total. The Labute approximate surface area is 193 Å². The number of nitrogens with zero attached hydrogens (tertiary/aromatic N) is 6. The van der Waals surface area contributed by atoms with Crippen LogP contribution in [0.2, 0.25) is 0 Å². The van der Waals surface area contributed by atoms with Crippen molar-refractivity contribution < 1.29 is 9.32 Å². The van der Waals surface area contributed by atoms with Gasteiger partial charge in [0.2, 0.25) is 5.16 Å². The average molecular weight is 458 g/mol. The van der Waals surface area contributed by atoms with Crippen LogP contribution in [0.25, 0.3) is 28.0 Å². The van der Waals surface area contributed by atoms with E-state index >= 15 is 0 Å². The van der Waals surface area contributed by atoms with Crippen molar-refractivity contribution in [3.63, 3.8) is 0 Å². The van der Waals surface area contributed by atoms with Crippen LogP contribution in [0, 0.1) is 13.8 Å². The molecule has 2 aromatic carbocycles. The number of fused-ring (bicyclic) bond motifs is 1. The zero-order valence-electron chi connectivity index (χ0n) is 18.1. The van der Waals surface area contributed by atoms with E-state index < -0.39 is 0 Å². The van der Waals surface area contributed by atoms with Crippen molar-refractivity contribution in [3.05, 3.63) is 71.4 Å². The molecule has 0 aliphatic heterocycles. The Balaban J connectivity index is 1.53. The fraction of sp³-hybridized carbons (Fsp3) is 0.130. The number of tetrazole rings is 1. The molecule has 0 aliphatic rings. The third kappa shape index (κ3) is 3.96. The predicted molar refractivity (Wildman–Crippen MR) is 126 cm³/mol. The summed E-state index contributed by atoms with van der Waals surface area (Å²) in [7, 11) is 0. The van der Waals surface area contributed by atoms with Crippen LogP contribution in [0.1, 0.15) is 21.6 Å². The lowest BCUT2D eigenvalue weighted by Gasteiger charge is -2.10. The third-order valence-corrected chi connectivity index (χ3v) is 5.80. The van der Waals surface area contributed by atoms with E-state index in [-0.39, 0.29) is 5.91 Å². The van der Waals surface area contributed by atoms with Gasteiger partial charge in [-0.15, -0.1) is 5.10 Å². The van der Waals surface area contributed by atoms with Gasteiger partial charge in [0.1, 0.15) is 0 Å². The number of aromatic nitrogens is 6. The molecule has 0 bridgehead atoms. The molecular weight excluding hydrogens is 438 g/mol. The van der Waals surface area contributed by atoms with Gasteiger partial charge in [-0.1, -0.05) is 52.8 Å². The second-order valence-corrected chi connectivity index (χ2v) is 8.22. The number of hydrogen-bond donors (Lipinski definition) is 1. The van der Waals surface area contributed by atoms with Crippen molar-refractivity contribution in [1.82, 2.24) is 30.3 Å². The highest BCUT2D eigenvalue weighted by Gasteiger charge is 2.20. The second kappa shape index (κ2) is 8.47. The quantitative estimate of drug-likeness (QED) is 0.385. The van der Waals surface area contributed by atoms with Gasteiger partial charge >= 0.3 is 0 Å². The van der Waals surface area contributed by atoms with Crippen molar-refractivity contribution in [1.29, 1.82) is 0 Å². The molecule has 3 heterocycles. The Bertz CT molecular complexity index is 1470. The van der Waals surface area contributed by atoms with Gasteiger partial charge in [0.05, 0.1) is 28.0 Å². The van der Waals surface area contributed by atoms with Crippen LogP contribution in [0.5, 0.6) is 0 Å². The number of benzene rings is 2. The molecule has 3 aromatic heterocycles. The number of carbonyl (C=O) groups is 1. The molecule has 33 heavy (non-hydrogen) atoms. The Hall–Kier alpha value is -4.05. The zero-order valence-corrected chi connectivity index (χ0v) is 18.9. The van der Waals surface area contributed by atoms with Gasteiger partial charge in [-0.3, -0.25) is 4.79 Å². The minimum atomic E-state index is -0.291. The van der Waals surface area contributed by atoms with E-state index in [2.05, 4.69) is 31.0 Å². The van der Waals surface area contributed by atoms with Gasteiger partial charge in [-0.25, -0.2) is 4.98 Å². The van der Waals surface area contributed by atoms with Crippen molar-refractivity contribution >= 4 is 34.5 Å². The Morgan fingerprint density at radius 1 is 1.09 bits per heavy atom. The second-order valence-electron chi connectivity index (χ2n) is 7.45. The summed E-state index contributed by atoms with van der Waals surface area (Å²) in [6, 6.07) is 17.0.